The number of hydrogen-bond acceptors (Lipinski definition) is 8. The van der Waals surface area contributed by atoms with Gasteiger partial charge >= 0.3 is 6.09 Å². The first-order valence-electron chi connectivity index (χ1n) is 11.3. The van der Waals surface area contributed by atoms with Crippen molar-refractivity contribution in [3.63, 3.8) is 0 Å². The van der Waals surface area contributed by atoms with Gasteiger partial charge in [0.1, 0.15) is 11.9 Å². The molecule has 11 heteroatoms. The van der Waals surface area contributed by atoms with E-state index in [1.807, 2.05) is 22.4 Å². The van der Waals surface area contributed by atoms with Gasteiger partial charge in [0.2, 0.25) is 0 Å². The zero-order valence-corrected chi connectivity index (χ0v) is 20.9. The summed E-state index contributed by atoms with van der Waals surface area (Å²) in [4.78, 5) is 29.2. The van der Waals surface area contributed by atoms with Gasteiger partial charge in [0.15, 0.2) is 5.05 Å². The molecule has 2 saturated heterocycles. The van der Waals surface area contributed by atoms with Gasteiger partial charge in [-0.25, -0.2) is 14.6 Å². The number of thiophene rings is 1. The molecule has 0 saturated carbocycles. The molecular weight excluding hydrogens is 491 g/mol. The van der Waals surface area contributed by atoms with E-state index in [2.05, 4.69) is 5.43 Å². The first-order chi connectivity index (χ1) is 16.9. The normalized spacial score (nSPS) is 18.6. The minimum Gasteiger partial charge on any atom is -0.490 e. The van der Waals surface area contributed by atoms with Crippen molar-refractivity contribution in [2.75, 3.05) is 49.6 Å². The van der Waals surface area contributed by atoms with Crippen LogP contribution in [0, 0.1) is 5.82 Å². The zero-order valence-electron chi connectivity index (χ0n) is 19.3. The number of hydrazine groups is 1. The van der Waals surface area contributed by atoms with Gasteiger partial charge in [-0.05, 0) is 54.4 Å². The molecule has 1 aromatic carbocycles. The van der Waals surface area contributed by atoms with E-state index in [1.165, 1.54) is 24.2 Å². The molecule has 2 aliphatic rings. The summed E-state index contributed by atoms with van der Waals surface area (Å²) >= 11 is 6.60. The van der Waals surface area contributed by atoms with Crippen LogP contribution in [-0.4, -0.2) is 68.0 Å². The van der Waals surface area contributed by atoms with Crippen molar-refractivity contribution in [3.8, 4) is 0 Å². The third-order valence-electron chi connectivity index (χ3n) is 5.83. The molecule has 0 aliphatic carbocycles. The highest BCUT2D eigenvalue weighted by Gasteiger charge is 2.33. The van der Waals surface area contributed by atoms with Gasteiger partial charge in [0.25, 0.3) is 5.91 Å². The Morgan fingerprint density at radius 3 is 2.94 bits per heavy atom. The second-order valence-electron chi connectivity index (χ2n) is 8.10. The Morgan fingerprint density at radius 2 is 2.20 bits per heavy atom. The van der Waals surface area contributed by atoms with Crippen LogP contribution >= 0.6 is 23.6 Å². The van der Waals surface area contributed by atoms with E-state index in [9.17, 15) is 9.59 Å². The minimum absolute atomic E-state index is 0.149. The van der Waals surface area contributed by atoms with Gasteiger partial charge in [-0.15, -0.1) is 11.3 Å². The van der Waals surface area contributed by atoms with Crippen molar-refractivity contribution >= 4 is 58.1 Å². The molecule has 2 fully saturated rings. The summed E-state index contributed by atoms with van der Waals surface area (Å²) in [7, 11) is 1.51. The van der Waals surface area contributed by atoms with Crippen LogP contribution in [0.15, 0.2) is 41.8 Å². The Labute approximate surface area is 212 Å². The Balaban J connectivity index is 1.35. The molecule has 3 heterocycles. The van der Waals surface area contributed by atoms with Gasteiger partial charge in [-0.2, -0.15) is 0 Å². The molecular formula is C24H27FN4O4S2. The van der Waals surface area contributed by atoms with E-state index in [-0.39, 0.29) is 12.0 Å². The number of anilines is 2. The molecule has 2 amide bonds. The lowest BCUT2D eigenvalue weighted by Gasteiger charge is -2.24. The highest BCUT2D eigenvalue weighted by atomic mass is 32.1. The fraction of sp³-hybridized carbons (Fsp3) is 0.375. The van der Waals surface area contributed by atoms with Crippen molar-refractivity contribution in [1.29, 1.82) is 0 Å². The molecule has 8 nitrogen and oxygen atoms in total. The fourth-order valence-corrected chi connectivity index (χ4v) is 4.71. The summed E-state index contributed by atoms with van der Waals surface area (Å²) in [6.07, 6.45) is 3.55. The topological polar surface area (TPSA) is 74.4 Å². The Hall–Kier alpha value is -3.02. The lowest BCUT2D eigenvalue weighted by atomic mass is 10.2. The second-order valence-corrected chi connectivity index (χ2v) is 9.54. The molecule has 1 N–H and O–H groups in total. The lowest BCUT2D eigenvalue weighted by molar-refractivity contribution is -0.128. The van der Waals surface area contributed by atoms with Crippen LogP contribution in [-0.2, 0) is 14.3 Å². The number of ether oxygens (including phenoxy) is 2. The molecule has 1 atom stereocenters. The SMILES string of the molecule is COC(=S)CC[C@H]1CN(c2ccc(N3CCNN(C(=O)/C=C/c4cccs4)CC3)c(F)c2)C(=O)O1. The van der Waals surface area contributed by atoms with Gasteiger partial charge < -0.3 is 14.4 Å². The number of cyclic esters (lactones) is 1. The summed E-state index contributed by atoms with van der Waals surface area (Å²) in [5.41, 5.74) is 3.97. The summed E-state index contributed by atoms with van der Waals surface area (Å²) in [5.74, 6) is -0.582. The summed E-state index contributed by atoms with van der Waals surface area (Å²) < 4.78 is 25.5. The Kier molecular flexibility index (Phi) is 8.32. The highest BCUT2D eigenvalue weighted by molar-refractivity contribution is 7.80. The molecule has 0 spiro atoms. The van der Waals surface area contributed by atoms with Gasteiger partial charge in [0.05, 0.1) is 31.6 Å². The third kappa shape index (κ3) is 6.36. The first-order valence-corrected chi connectivity index (χ1v) is 12.6. The second kappa shape index (κ2) is 11.6. The number of benzene rings is 1. The van der Waals surface area contributed by atoms with E-state index in [4.69, 9.17) is 21.7 Å². The number of hydrogen-bond donors (Lipinski definition) is 1. The Bertz CT molecular complexity index is 1100. The van der Waals surface area contributed by atoms with Crippen molar-refractivity contribution in [2.24, 2.45) is 0 Å². The van der Waals surface area contributed by atoms with E-state index >= 15 is 4.39 Å². The number of amides is 2. The van der Waals surface area contributed by atoms with Crippen molar-refractivity contribution in [1.82, 2.24) is 10.4 Å². The third-order valence-corrected chi connectivity index (χ3v) is 7.04. The van der Waals surface area contributed by atoms with E-state index < -0.39 is 11.9 Å². The molecule has 35 heavy (non-hydrogen) atoms. The number of thiocarbonyl (C=S) groups is 1. The predicted molar refractivity (Wildman–Crippen MR) is 138 cm³/mol. The first kappa shape index (κ1) is 25.1. The van der Waals surface area contributed by atoms with Gasteiger partial charge in [-0.1, -0.05) is 6.07 Å². The Morgan fingerprint density at radius 1 is 1.34 bits per heavy atom. The number of nitrogens with one attached hydrogen (secondary N) is 1. The number of nitrogens with zero attached hydrogens (tertiary/aromatic N) is 3. The van der Waals surface area contributed by atoms with Crippen molar-refractivity contribution in [3.05, 3.63) is 52.5 Å². The van der Waals surface area contributed by atoms with Crippen LogP contribution in [0.3, 0.4) is 0 Å². The van der Waals surface area contributed by atoms with Crippen LogP contribution in [0.1, 0.15) is 17.7 Å². The van der Waals surface area contributed by atoms with Crippen LogP contribution in [0.2, 0.25) is 0 Å². The monoisotopic (exact) mass is 518 g/mol. The number of carbonyl (C=O) groups excluding carboxylic acids is 2. The summed E-state index contributed by atoms with van der Waals surface area (Å²) in [6, 6.07) is 8.60. The molecule has 1 aromatic heterocycles. The molecule has 4 rings (SSSR count). The highest BCUT2D eigenvalue weighted by Crippen LogP contribution is 2.29. The average molecular weight is 519 g/mol. The van der Waals surface area contributed by atoms with E-state index in [0.717, 1.165) is 4.88 Å². The number of methoxy groups -OCH3 is 1. The summed E-state index contributed by atoms with van der Waals surface area (Å²) in [5, 5.41) is 3.96. The van der Waals surface area contributed by atoms with Crippen LogP contribution < -0.4 is 15.2 Å². The number of halogens is 1. The molecule has 0 radical (unpaired) electrons. The van der Waals surface area contributed by atoms with Crippen LogP contribution in [0.5, 0.6) is 0 Å². The molecule has 2 aliphatic heterocycles. The zero-order chi connectivity index (χ0) is 24.8. The molecule has 2 aromatic rings. The maximum Gasteiger partial charge on any atom is 0.414 e. The van der Waals surface area contributed by atoms with Crippen molar-refractivity contribution < 1.29 is 23.5 Å². The van der Waals surface area contributed by atoms with Gasteiger partial charge in [0, 0.05) is 37.0 Å². The van der Waals surface area contributed by atoms with Crippen LogP contribution in [0.4, 0.5) is 20.6 Å². The predicted octanol–water partition coefficient (Wildman–Crippen LogP) is 3.83. The fourth-order valence-electron chi connectivity index (χ4n) is 3.97. The smallest absolute Gasteiger partial charge is 0.414 e. The van der Waals surface area contributed by atoms with Crippen LogP contribution in [0.25, 0.3) is 6.08 Å². The molecule has 0 bridgehead atoms. The number of rotatable bonds is 7. The average Bonchev–Trinajstić information content (AvgIpc) is 3.44. The lowest BCUT2D eigenvalue weighted by Crippen LogP contribution is -2.42. The largest absolute Gasteiger partial charge is 0.490 e. The van der Waals surface area contributed by atoms with E-state index in [1.54, 1.807) is 34.6 Å². The van der Waals surface area contributed by atoms with E-state index in [0.29, 0.717) is 62.0 Å². The van der Waals surface area contributed by atoms with Gasteiger partial charge in [-0.3, -0.25) is 14.7 Å². The quantitative estimate of drug-likeness (QED) is 0.441. The van der Waals surface area contributed by atoms with Crippen molar-refractivity contribution in [2.45, 2.75) is 18.9 Å². The maximum absolute atomic E-state index is 15.1. The standard InChI is InChI=1S/C24H27FN4O4S2/c1-32-23(34)9-5-18-16-28(24(31)33-18)17-4-7-21(20(25)15-17)27-11-10-26-29(13-12-27)22(30)8-6-19-3-2-14-35-19/h2-4,6-8,14-15,18,26H,5,9-13,16H2,1H3/b8-6+/t18-/m0/s1. The summed E-state index contributed by atoms with van der Waals surface area (Å²) in [6.45, 7) is 2.21. The number of carbonyl (C=O) groups is 2. The maximum atomic E-state index is 15.1. The molecule has 186 valence electrons. The molecule has 0 unspecified atom stereocenters. The minimum atomic E-state index is -0.505.